The van der Waals surface area contributed by atoms with Crippen LogP contribution in [-0.4, -0.2) is 27.3 Å². The van der Waals surface area contributed by atoms with E-state index in [9.17, 15) is 9.18 Å². The molecule has 1 aliphatic heterocycles. The van der Waals surface area contributed by atoms with Gasteiger partial charge in [-0.05, 0) is 42.7 Å². The van der Waals surface area contributed by atoms with E-state index in [1.54, 1.807) is 19.1 Å². The van der Waals surface area contributed by atoms with E-state index >= 15 is 0 Å². The highest BCUT2D eigenvalue weighted by Crippen LogP contribution is 2.32. The SMILES string of the molecule is Cc1nc(C(=O)N2CCCC2c2cccc(Cc3ccc(F)cc3)n2)co1. The third-order valence-electron chi connectivity index (χ3n) is 4.82. The number of pyridine rings is 1. The van der Waals surface area contributed by atoms with E-state index in [2.05, 4.69) is 4.98 Å². The standard InChI is InChI=1S/C21H20FN3O2/c1-14-23-19(13-27-14)21(26)25-11-3-6-20(25)18-5-2-4-17(24-18)12-15-7-9-16(22)10-8-15/h2,4-5,7-10,13,20H,3,6,11-12H2,1H3. The second-order valence-corrected chi connectivity index (χ2v) is 6.77. The van der Waals surface area contributed by atoms with Crippen LogP contribution in [0.25, 0.3) is 0 Å². The topological polar surface area (TPSA) is 59.2 Å². The lowest BCUT2D eigenvalue weighted by Gasteiger charge is -2.23. The molecule has 1 unspecified atom stereocenters. The maximum absolute atomic E-state index is 13.1. The van der Waals surface area contributed by atoms with E-state index in [0.29, 0.717) is 24.6 Å². The van der Waals surface area contributed by atoms with Gasteiger partial charge in [0.1, 0.15) is 12.1 Å². The lowest BCUT2D eigenvalue weighted by Crippen LogP contribution is -2.31. The molecule has 0 N–H and O–H groups in total. The highest BCUT2D eigenvalue weighted by atomic mass is 19.1. The Labute approximate surface area is 156 Å². The predicted octanol–water partition coefficient (Wildman–Crippen LogP) is 4.09. The van der Waals surface area contributed by atoms with Gasteiger partial charge >= 0.3 is 0 Å². The molecule has 3 heterocycles. The van der Waals surface area contributed by atoms with Gasteiger partial charge in [0.05, 0.1) is 11.7 Å². The van der Waals surface area contributed by atoms with Gasteiger partial charge in [-0.3, -0.25) is 9.78 Å². The third-order valence-corrected chi connectivity index (χ3v) is 4.82. The largest absolute Gasteiger partial charge is 0.448 e. The predicted molar refractivity (Wildman–Crippen MR) is 97.7 cm³/mol. The molecule has 0 aliphatic carbocycles. The van der Waals surface area contributed by atoms with E-state index in [1.807, 2.05) is 23.1 Å². The Morgan fingerprint density at radius 2 is 2.04 bits per heavy atom. The van der Waals surface area contributed by atoms with Crippen molar-refractivity contribution in [2.45, 2.75) is 32.2 Å². The van der Waals surface area contributed by atoms with E-state index in [1.165, 1.54) is 18.4 Å². The summed E-state index contributed by atoms with van der Waals surface area (Å²) in [6, 6.07) is 12.2. The van der Waals surface area contributed by atoms with E-state index in [-0.39, 0.29) is 17.8 Å². The van der Waals surface area contributed by atoms with Crippen molar-refractivity contribution in [2.24, 2.45) is 0 Å². The number of carbonyl (C=O) groups is 1. The van der Waals surface area contributed by atoms with Gasteiger partial charge in [0.15, 0.2) is 11.6 Å². The summed E-state index contributed by atoms with van der Waals surface area (Å²) in [7, 11) is 0. The fraction of sp³-hybridized carbons (Fsp3) is 0.286. The summed E-state index contributed by atoms with van der Waals surface area (Å²) in [6.07, 6.45) is 3.83. The van der Waals surface area contributed by atoms with Crippen molar-refractivity contribution in [1.82, 2.24) is 14.9 Å². The van der Waals surface area contributed by atoms with Gasteiger partial charge in [-0.25, -0.2) is 9.37 Å². The molecule has 5 nitrogen and oxygen atoms in total. The molecule has 138 valence electrons. The third kappa shape index (κ3) is 3.74. The molecule has 0 saturated carbocycles. The van der Waals surface area contributed by atoms with Gasteiger partial charge < -0.3 is 9.32 Å². The van der Waals surface area contributed by atoms with Crippen molar-refractivity contribution in [3.8, 4) is 0 Å². The minimum Gasteiger partial charge on any atom is -0.448 e. The van der Waals surface area contributed by atoms with Crippen molar-refractivity contribution in [1.29, 1.82) is 0 Å². The minimum atomic E-state index is -0.247. The number of nitrogens with zero attached hydrogens (tertiary/aromatic N) is 3. The molecule has 0 radical (unpaired) electrons. The Bertz CT molecular complexity index is 952. The Kier molecular flexibility index (Phi) is 4.71. The van der Waals surface area contributed by atoms with Crippen LogP contribution in [0.4, 0.5) is 4.39 Å². The average molecular weight is 365 g/mol. The van der Waals surface area contributed by atoms with E-state index in [0.717, 1.165) is 29.8 Å². The molecule has 1 atom stereocenters. The number of amides is 1. The van der Waals surface area contributed by atoms with E-state index in [4.69, 9.17) is 9.40 Å². The first-order valence-corrected chi connectivity index (χ1v) is 9.03. The number of rotatable bonds is 4. The summed E-state index contributed by atoms with van der Waals surface area (Å²) in [6.45, 7) is 2.40. The average Bonchev–Trinajstić information content (AvgIpc) is 3.32. The summed E-state index contributed by atoms with van der Waals surface area (Å²) in [4.78, 5) is 23.5. The first-order valence-electron chi connectivity index (χ1n) is 9.03. The lowest BCUT2D eigenvalue weighted by molar-refractivity contribution is 0.0726. The van der Waals surface area contributed by atoms with E-state index < -0.39 is 0 Å². The number of aryl methyl sites for hydroxylation is 1. The number of likely N-dealkylation sites (tertiary alicyclic amines) is 1. The second kappa shape index (κ2) is 7.31. The Balaban J connectivity index is 1.55. The number of aromatic nitrogens is 2. The molecule has 0 spiro atoms. The Morgan fingerprint density at radius 1 is 1.22 bits per heavy atom. The first kappa shape index (κ1) is 17.4. The highest BCUT2D eigenvalue weighted by Gasteiger charge is 2.32. The summed E-state index contributed by atoms with van der Waals surface area (Å²) in [5.41, 5.74) is 3.11. The minimum absolute atomic E-state index is 0.0670. The molecule has 6 heteroatoms. The molecule has 1 aromatic carbocycles. The molecule has 0 bridgehead atoms. The van der Waals surface area contributed by atoms with Crippen molar-refractivity contribution in [2.75, 3.05) is 6.54 Å². The first-order chi connectivity index (χ1) is 13.1. The summed E-state index contributed by atoms with van der Waals surface area (Å²) in [5.74, 6) is 0.109. The normalized spacial score (nSPS) is 16.7. The zero-order chi connectivity index (χ0) is 18.8. The lowest BCUT2D eigenvalue weighted by atomic mass is 10.1. The molecule has 3 aromatic rings. The van der Waals surface area contributed by atoms with Crippen molar-refractivity contribution < 1.29 is 13.6 Å². The van der Waals surface area contributed by atoms with Gasteiger partial charge in [0.2, 0.25) is 0 Å². The van der Waals surface area contributed by atoms with Gasteiger partial charge in [-0.2, -0.15) is 0 Å². The van der Waals surface area contributed by atoms with Crippen LogP contribution < -0.4 is 0 Å². The molecular formula is C21H20FN3O2. The maximum atomic E-state index is 13.1. The Morgan fingerprint density at radius 3 is 2.78 bits per heavy atom. The monoisotopic (exact) mass is 365 g/mol. The second-order valence-electron chi connectivity index (χ2n) is 6.77. The zero-order valence-electron chi connectivity index (χ0n) is 15.1. The number of carbonyl (C=O) groups excluding carboxylic acids is 1. The van der Waals surface area contributed by atoms with Gasteiger partial charge in [0, 0.05) is 25.6 Å². The van der Waals surface area contributed by atoms with Crippen molar-refractivity contribution >= 4 is 5.91 Å². The number of hydrogen-bond donors (Lipinski definition) is 0. The van der Waals surface area contributed by atoms with Crippen LogP contribution in [0.1, 0.15) is 52.2 Å². The molecule has 1 saturated heterocycles. The fourth-order valence-electron chi connectivity index (χ4n) is 3.52. The van der Waals surface area contributed by atoms with Crippen LogP contribution in [0.2, 0.25) is 0 Å². The number of hydrogen-bond acceptors (Lipinski definition) is 4. The highest BCUT2D eigenvalue weighted by molar-refractivity contribution is 5.92. The summed E-state index contributed by atoms with van der Waals surface area (Å²) < 4.78 is 18.3. The number of oxazole rings is 1. The maximum Gasteiger partial charge on any atom is 0.276 e. The summed E-state index contributed by atoms with van der Waals surface area (Å²) >= 11 is 0. The van der Waals surface area contributed by atoms with Crippen LogP contribution in [0.5, 0.6) is 0 Å². The number of halogens is 1. The molecule has 27 heavy (non-hydrogen) atoms. The van der Waals surface area contributed by atoms with Crippen molar-refractivity contribution in [3.05, 3.63) is 83.1 Å². The van der Waals surface area contributed by atoms with Gasteiger partial charge in [0.25, 0.3) is 5.91 Å². The fourth-order valence-corrected chi connectivity index (χ4v) is 3.52. The molecule has 4 rings (SSSR count). The molecule has 1 aliphatic rings. The number of benzene rings is 1. The van der Waals surface area contributed by atoms with Crippen LogP contribution in [0.15, 0.2) is 53.1 Å². The summed E-state index contributed by atoms with van der Waals surface area (Å²) in [5, 5.41) is 0. The Hall–Kier alpha value is -3.02. The van der Waals surface area contributed by atoms with Gasteiger partial charge in [-0.1, -0.05) is 18.2 Å². The smallest absolute Gasteiger partial charge is 0.276 e. The molecule has 1 amide bonds. The van der Waals surface area contributed by atoms with Crippen LogP contribution in [-0.2, 0) is 6.42 Å². The van der Waals surface area contributed by atoms with Crippen LogP contribution >= 0.6 is 0 Å². The molecule has 1 fully saturated rings. The van der Waals surface area contributed by atoms with Crippen LogP contribution in [0, 0.1) is 12.7 Å². The molecular weight excluding hydrogens is 345 g/mol. The zero-order valence-corrected chi connectivity index (χ0v) is 15.1. The van der Waals surface area contributed by atoms with Gasteiger partial charge in [-0.15, -0.1) is 0 Å². The van der Waals surface area contributed by atoms with Crippen molar-refractivity contribution in [3.63, 3.8) is 0 Å². The quantitative estimate of drug-likeness (QED) is 0.699. The van der Waals surface area contributed by atoms with Crippen LogP contribution in [0.3, 0.4) is 0 Å². The molecule has 2 aromatic heterocycles.